The highest BCUT2D eigenvalue weighted by molar-refractivity contribution is 4.62. The first-order valence-corrected chi connectivity index (χ1v) is 5.57. The van der Waals surface area contributed by atoms with Crippen LogP contribution in [0.2, 0.25) is 0 Å². The molecular weight excluding hydrogens is 188 g/mol. The zero-order valence-corrected chi connectivity index (χ0v) is 9.55. The van der Waals surface area contributed by atoms with E-state index in [1.54, 1.807) is 0 Å². The SMILES string of the molecule is C.CN1CCNCC1.CN1CCNCC1. The molecule has 0 aliphatic carbocycles. The minimum Gasteiger partial charge on any atom is -0.314 e. The van der Waals surface area contributed by atoms with E-state index in [1.165, 1.54) is 26.2 Å². The van der Waals surface area contributed by atoms with Crippen molar-refractivity contribution >= 4 is 0 Å². The van der Waals surface area contributed by atoms with Crippen LogP contribution in [0.1, 0.15) is 7.43 Å². The molecule has 2 N–H and O–H groups in total. The summed E-state index contributed by atoms with van der Waals surface area (Å²) in [6.45, 7) is 9.49. The lowest BCUT2D eigenvalue weighted by molar-refractivity contribution is 0.291. The summed E-state index contributed by atoms with van der Waals surface area (Å²) in [5.74, 6) is 0. The fourth-order valence-electron chi connectivity index (χ4n) is 1.55. The first-order valence-electron chi connectivity index (χ1n) is 5.57. The molecule has 0 spiro atoms. The van der Waals surface area contributed by atoms with Crippen molar-refractivity contribution in [2.75, 3.05) is 66.5 Å². The Morgan fingerprint density at radius 3 is 1.07 bits per heavy atom. The number of nitrogens with zero attached hydrogens (tertiary/aromatic N) is 2. The molecule has 2 aliphatic rings. The second kappa shape index (κ2) is 9.09. The molecule has 2 fully saturated rings. The van der Waals surface area contributed by atoms with E-state index in [0.717, 1.165) is 26.2 Å². The normalized spacial score (nSPS) is 23.6. The summed E-state index contributed by atoms with van der Waals surface area (Å²) < 4.78 is 0. The Morgan fingerprint density at radius 1 is 0.667 bits per heavy atom. The van der Waals surface area contributed by atoms with Gasteiger partial charge in [0.2, 0.25) is 0 Å². The number of hydrogen-bond donors (Lipinski definition) is 2. The van der Waals surface area contributed by atoms with Gasteiger partial charge in [-0.15, -0.1) is 0 Å². The lowest BCUT2D eigenvalue weighted by Gasteiger charge is -2.21. The summed E-state index contributed by atoms with van der Waals surface area (Å²) in [5.41, 5.74) is 0. The van der Waals surface area contributed by atoms with Gasteiger partial charge in [0, 0.05) is 52.4 Å². The minimum atomic E-state index is 0. The van der Waals surface area contributed by atoms with Crippen LogP contribution < -0.4 is 10.6 Å². The van der Waals surface area contributed by atoms with Crippen molar-refractivity contribution in [2.24, 2.45) is 0 Å². The van der Waals surface area contributed by atoms with Crippen LogP contribution in [0.3, 0.4) is 0 Å². The van der Waals surface area contributed by atoms with Gasteiger partial charge in [-0.05, 0) is 14.1 Å². The summed E-state index contributed by atoms with van der Waals surface area (Å²) in [7, 11) is 4.31. The Balaban J connectivity index is 0.000000245. The van der Waals surface area contributed by atoms with Gasteiger partial charge in [0.1, 0.15) is 0 Å². The highest BCUT2D eigenvalue weighted by atomic mass is 15.2. The molecule has 4 nitrogen and oxygen atoms in total. The molecule has 0 radical (unpaired) electrons. The van der Waals surface area contributed by atoms with Crippen molar-refractivity contribution in [3.05, 3.63) is 0 Å². The highest BCUT2D eigenvalue weighted by Gasteiger charge is 2.01. The molecule has 2 heterocycles. The summed E-state index contributed by atoms with van der Waals surface area (Å²) in [5, 5.41) is 6.55. The topological polar surface area (TPSA) is 30.5 Å². The van der Waals surface area contributed by atoms with Crippen molar-refractivity contribution in [2.45, 2.75) is 7.43 Å². The number of rotatable bonds is 0. The van der Waals surface area contributed by atoms with Gasteiger partial charge in [0.25, 0.3) is 0 Å². The molecule has 0 saturated carbocycles. The summed E-state index contributed by atoms with van der Waals surface area (Å²) in [6, 6.07) is 0. The summed E-state index contributed by atoms with van der Waals surface area (Å²) in [4.78, 5) is 4.66. The number of hydrogen-bond acceptors (Lipinski definition) is 4. The highest BCUT2D eigenvalue weighted by Crippen LogP contribution is 1.83. The zero-order valence-electron chi connectivity index (χ0n) is 9.55. The van der Waals surface area contributed by atoms with Crippen LogP contribution in [-0.4, -0.2) is 76.3 Å². The molecule has 0 amide bonds. The first-order chi connectivity index (χ1) is 6.79. The molecule has 2 rings (SSSR count). The van der Waals surface area contributed by atoms with E-state index in [-0.39, 0.29) is 7.43 Å². The molecule has 0 aromatic carbocycles. The Hall–Kier alpha value is -0.160. The number of likely N-dealkylation sites (N-methyl/N-ethyl adjacent to an activating group) is 2. The van der Waals surface area contributed by atoms with E-state index in [0.29, 0.717) is 0 Å². The fraction of sp³-hybridized carbons (Fsp3) is 1.00. The van der Waals surface area contributed by atoms with Crippen LogP contribution in [0.25, 0.3) is 0 Å². The van der Waals surface area contributed by atoms with E-state index >= 15 is 0 Å². The smallest absolute Gasteiger partial charge is 0.0104 e. The van der Waals surface area contributed by atoms with Gasteiger partial charge in [0.05, 0.1) is 0 Å². The standard InChI is InChI=1S/2C5H12N2.CH4/c2*1-7-4-2-6-3-5-7;/h2*6H,2-5H2,1H3;1H4. The lowest BCUT2D eigenvalue weighted by Crippen LogP contribution is -2.40. The van der Waals surface area contributed by atoms with Crippen LogP contribution in [0, 0.1) is 0 Å². The third kappa shape index (κ3) is 7.73. The number of piperazine rings is 2. The Bertz CT molecular complexity index is 113. The van der Waals surface area contributed by atoms with E-state index < -0.39 is 0 Å². The minimum absolute atomic E-state index is 0. The van der Waals surface area contributed by atoms with Crippen molar-refractivity contribution < 1.29 is 0 Å². The second-order valence-corrected chi connectivity index (χ2v) is 4.11. The summed E-state index contributed by atoms with van der Waals surface area (Å²) >= 11 is 0. The third-order valence-corrected chi connectivity index (χ3v) is 2.68. The average Bonchev–Trinajstić information content (AvgIpc) is 2.21. The maximum atomic E-state index is 3.27. The van der Waals surface area contributed by atoms with Gasteiger partial charge in [-0.1, -0.05) is 7.43 Å². The van der Waals surface area contributed by atoms with Gasteiger partial charge in [-0.25, -0.2) is 0 Å². The third-order valence-electron chi connectivity index (χ3n) is 2.68. The van der Waals surface area contributed by atoms with E-state index in [9.17, 15) is 0 Å². The van der Waals surface area contributed by atoms with Crippen molar-refractivity contribution in [1.29, 1.82) is 0 Å². The molecule has 92 valence electrons. The monoisotopic (exact) mass is 216 g/mol. The van der Waals surface area contributed by atoms with Gasteiger partial charge < -0.3 is 20.4 Å². The second-order valence-electron chi connectivity index (χ2n) is 4.11. The van der Waals surface area contributed by atoms with Gasteiger partial charge in [-0.3, -0.25) is 0 Å². The molecule has 2 aliphatic heterocycles. The van der Waals surface area contributed by atoms with Crippen LogP contribution in [-0.2, 0) is 0 Å². The molecule has 0 bridgehead atoms. The van der Waals surface area contributed by atoms with Crippen LogP contribution in [0.5, 0.6) is 0 Å². The maximum Gasteiger partial charge on any atom is 0.0104 e. The predicted octanol–water partition coefficient (Wildman–Crippen LogP) is -0.321. The van der Waals surface area contributed by atoms with Gasteiger partial charge >= 0.3 is 0 Å². The molecule has 0 aromatic rings. The van der Waals surface area contributed by atoms with Crippen LogP contribution in [0.15, 0.2) is 0 Å². The molecule has 4 heteroatoms. The summed E-state index contributed by atoms with van der Waals surface area (Å²) in [6.07, 6.45) is 0. The largest absolute Gasteiger partial charge is 0.314 e. The molecule has 2 saturated heterocycles. The van der Waals surface area contributed by atoms with E-state index in [4.69, 9.17) is 0 Å². The average molecular weight is 216 g/mol. The Kier molecular flexibility index (Phi) is 9.00. The Labute approximate surface area is 95.0 Å². The van der Waals surface area contributed by atoms with E-state index in [2.05, 4.69) is 34.5 Å². The first kappa shape index (κ1) is 14.8. The van der Waals surface area contributed by atoms with E-state index in [1.807, 2.05) is 0 Å². The van der Waals surface area contributed by atoms with Crippen molar-refractivity contribution in [3.63, 3.8) is 0 Å². The molecule has 0 unspecified atom stereocenters. The quantitative estimate of drug-likeness (QED) is 0.581. The molecular formula is C11H28N4. The molecule has 0 atom stereocenters. The van der Waals surface area contributed by atoms with Crippen molar-refractivity contribution in [3.8, 4) is 0 Å². The van der Waals surface area contributed by atoms with Crippen LogP contribution >= 0.6 is 0 Å². The van der Waals surface area contributed by atoms with Crippen LogP contribution in [0.4, 0.5) is 0 Å². The fourth-order valence-corrected chi connectivity index (χ4v) is 1.55. The maximum absolute atomic E-state index is 3.27. The Morgan fingerprint density at radius 2 is 0.933 bits per heavy atom. The number of nitrogens with one attached hydrogen (secondary N) is 2. The van der Waals surface area contributed by atoms with Gasteiger partial charge in [-0.2, -0.15) is 0 Å². The molecule has 15 heavy (non-hydrogen) atoms. The molecule has 0 aromatic heterocycles. The predicted molar refractivity (Wildman–Crippen MR) is 67.5 cm³/mol. The van der Waals surface area contributed by atoms with Crippen molar-refractivity contribution in [1.82, 2.24) is 20.4 Å². The van der Waals surface area contributed by atoms with Gasteiger partial charge in [0.15, 0.2) is 0 Å². The zero-order chi connectivity index (χ0) is 10.2. The lowest BCUT2D eigenvalue weighted by atomic mass is 10.4.